The van der Waals surface area contributed by atoms with Crippen LogP contribution in [0.15, 0.2) is 27.2 Å². The lowest BCUT2D eigenvalue weighted by Gasteiger charge is -2.25. The predicted molar refractivity (Wildman–Crippen MR) is 78.5 cm³/mol. The van der Waals surface area contributed by atoms with Crippen LogP contribution in [0.1, 0.15) is 26.7 Å². The topological polar surface area (TPSA) is 64.9 Å². The van der Waals surface area contributed by atoms with Gasteiger partial charge in [0.2, 0.25) is 11.7 Å². The number of hydrogen-bond acceptors (Lipinski definition) is 4. The Morgan fingerprint density at radius 3 is 2.70 bits per heavy atom. The zero-order chi connectivity index (χ0) is 14.9. The van der Waals surface area contributed by atoms with Gasteiger partial charge in [0.25, 0.3) is 0 Å². The highest BCUT2D eigenvalue weighted by Gasteiger charge is 2.23. The highest BCUT2D eigenvalue weighted by molar-refractivity contribution is 9.10. The van der Waals surface area contributed by atoms with Crippen LogP contribution in [0.5, 0.6) is 0 Å². The summed E-state index contributed by atoms with van der Waals surface area (Å²) in [5, 5.41) is 3.92. The van der Waals surface area contributed by atoms with E-state index in [9.17, 15) is 4.39 Å². The molecule has 4 nitrogen and oxygen atoms in total. The zero-order valence-electron chi connectivity index (χ0n) is 11.7. The molecular weight excluding hydrogens is 325 g/mol. The van der Waals surface area contributed by atoms with Crippen molar-refractivity contribution in [3.63, 3.8) is 0 Å². The third kappa shape index (κ3) is 3.43. The summed E-state index contributed by atoms with van der Waals surface area (Å²) in [7, 11) is 0. The van der Waals surface area contributed by atoms with Gasteiger partial charge in [-0.15, -0.1) is 0 Å². The Morgan fingerprint density at radius 2 is 2.10 bits per heavy atom. The van der Waals surface area contributed by atoms with Crippen molar-refractivity contribution >= 4 is 15.9 Å². The molecule has 1 aromatic carbocycles. The van der Waals surface area contributed by atoms with Crippen LogP contribution in [0.25, 0.3) is 11.4 Å². The second-order valence-corrected chi connectivity index (χ2v) is 6.67. The minimum Gasteiger partial charge on any atom is -0.339 e. The Bertz CT molecular complexity index is 607. The van der Waals surface area contributed by atoms with Gasteiger partial charge in [-0.1, -0.05) is 25.9 Å². The molecule has 6 heteroatoms. The summed E-state index contributed by atoms with van der Waals surface area (Å²) < 4.78 is 18.9. The van der Waals surface area contributed by atoms with E-state index in [1.165, 1.54) is 12.1 Å². The van der Waals surface area contributed by atoms with E-state index in [1.807, 2.05) is 0 Å². The summed E-state index contributed by atoms with van der Waals surface area (Å²) in [5.74, 6) is 0.589. The van der Waals surface area contributed by atoms with Crippen LogP contribution in [-0.2, 0) is 6.42 Å². The smallest absolute Gasteiger partial charge is 0.228 e. The molecule has 1 heterocycles. The highest BCUT2D eigenvalue weighted by Crippen LogP contribution is 2.27. The van der Waals surface area contributed by atoms with Crippen LogP contribution in [-0.4, -0.2) is 16.2 Å². The molecule has 2 aromatic rings. The Labute approximate surface area is 125 Å². The third-order valence-electron chi connectivity index (χ3n) is 3.15. The van der Waals surface area contributed by atoms with Gasteiger partial charge in [0.1, 0.15) is 5.82 Å². The number of benzene rings is 1. The van der Waals surface area contributed by atoms with Crippen molar-refractivity contribution in [2.24, 2.45) is 11.1 Å². The van der Waals surface area contributed by atoms with Crippen LogP contribution >= 0.6 is 15.9 Å². The van der Waals surface area contributed by atoms with Crippen LogP contribution in [0.3, 0.4) is 0 Å². The molecule has 0 aliphatic carbocycles. The summed E-state index contributed by atoms with van der Waals surface area (Å²) in [6.07, 6.45) is 0.509. The van der Waals surface area contributed by atoms with Crippen molar-refractivity contribution in [1.29, 1.82) is 0 Å². The lowest BCUT2D eigenvalue weighted by Crippen LogP contribution is -2.36. The predicted octanol–water partition coefficient (Wildman–Crippen LogP) is 3.55. The number of rotatable bonds is 3. The lowest BCUT2D eigenvalue weighted by molar-refractivity contribution is 0.286. The first-order valence-corrected chi connectivity index (χ1v) is 7.10. The van der Waals surface area contributed by atoms with E-state index in [-0.39, 0.29) is 17.3 Å². The average molecular weight is 342 g/mol. The minimum absolute atomic E-state index is 0.0366. The number of hydrogen-bond donors (Lipinski definition) is 1. The average Bonchev–Trinajstić information content (AvgIpc) is 2.76. The van der Waals surface area contributed by atoms with Crippen molar-refractivity contribution in [1.82, 2.24) is 10.1 Å². The van der Waals surface area contributed by atoms with Crippen LogP contribution in [0.4, 0.5) is 4.39 Å². The van der Waals surface area contributed by atoms with Crippen molar-refractivity contribution in [3.8, 4) is 11.4 Å². The summed E-state index contributed by atoms with van der Waals surface area (Å²) >= 11 is 3.29. The van der Waals surface area contributed by atoms with Crippen molar-refractivity contribution < 1.29 is 8.91 Å². The SMILES string of the molecule is CC(C)(C)C(N)Cc1nc(-c2ccc(F)cc2Br)no1. The molecule has 0 bridgehead atoms. The maximum atomic E-state index is 13.1. The summed E-state index contributed by atoms with van der Waals surface area (Å²) in [6, 6.07) is 4.26. The first-order chi connectivity index (χ1) is 9.27. The quantitative estimate of drug-likeness (QED) is 0.926. The molecule has 1 unspecified atom stereocenters. The maximum Gasteiger partial charge on any atom is 0.228 e. The van der Waals surface area contributed by atoms with E-state index in [0.29, 0.717) is 28.2 Å². The van der Waals surface area contributed by atoms with E-state index >= 15 is 0 Å². The second-order valence-electron chi connectivity index (χ2n) is 5.81. The molecule has 0 aliphatic rings. The standard InChI is InChI=1S/C14H17BrFN3O/c1-14(2,3)11(17)7-12-18-13(19-20-12)9-5-4-8(16)6-10(9)15/h4-6,11H,7,17H2,1-3H3. The van der Waals surface area contributed by atoms with Gasteiger partial charge in [-0.3, -0.25) is 0 Å². The molecule has 1 atom stereocenters. The molecule has 0 saturated heterocycles. The molecule has 2 rings (SSSR count). The van der Waals surface area contributed by atoms with Crippen LogP contribution < -0.4 is 5.73 Å². The van der Waals surface area contributed by atoms with Gasteiger partial charge in [-0.25, -0.2) is 4.39 Å². The largest absolute Gasteiger partial charge is 0.339 e. The molecule has 0 fully saturated rings. The Balaban J connectivity index is 2.21. The first-order valence-electron chi connectivity index (χ1n) is 6.31. The fourth-order valence-corrected chi connectivity index (χ4v) is 2.14. The van der Waals surface area contributed by atoms with Crippen LogP contribution in [0.2, 0.25) is 0 Å². The van der Waals surface area contributed by atoms with Gasteiger partial charge in [0, 0.05) is 22.5 Å². The van der Waals surface area contributed by atoms with Crippen LogP contribution in [0, 0.1) is 11.2 Å². The van der Waals surface area contributed by atoms with E-state index < -0.39 is 0 Å². The Morgan fingerprint density at radius 1 is 1.40 bits per heavy atom. The van der Waals surface area contributed by atoms with E-state index in [0.717, 1.165) is 0 Å². The highest BCUT2D eigenvalue weighted by atomic mass is 79.9. The number of halogens is 2. The maximum absolute atomic E-state index is 13.1. The molecule has 1 aromatic heterocycles. The van der Waals surface area contributed by atoms with Gasteiger partial charge in [-0.2, -0.15) is 4.98 Å². The Hall–Kier alpha value is -1.27. The second kappa shape index (κ2) is 5.61. The van der Waals surface area contributed by atoms with E-state index in [4.69, 9.17) is 10.3 Å². The number of nitrogens with zero attached hydrogens (tertiary/aromatic N) is 2. The lowest BCUT2D eigenvalue weighted by atomic mass is 9.85. The molecule has 0 aliphatic heterocycles. The monoisotopic (exact) mass is 341 g/mol. The molecule has 0 radical (unpaired) electrons. The van der Waals surface area contributed by atoms with Gasteiger partial charge >= 0.3 is 0 Å². The van der Waals surface area contributed by atoms with E-state index in [2.05, 4.69) is 46.8 Å². The zero-order valence-corrected chi connectivity index (χ0v) is 13.2. The van der Waals surface area contributed by atoms with Crippen molar-refractivity contribution in [3.05, 3.63) is 34.4 Å². The Kier molecular flexibility index (Phi) is 4.25. The summed E-state index contributed by atoms with van der Waals surface area (Å²) in [5.41, 5.74) is 6.74. The normalized spacial score (nSPS) is 13.5. The minimum atomic E-state index is -0.320. The number of nitrogens with two attached hydrogens (primary N) is 1. The van der Waals surface area contributed by atoms with Crippen molar-refractivity contribution in [2.75, 3.05) is 0 Å². The van der Waals surface area contributed by atoms with Gasteiger partial charge < -0.3 is 10.3 Å². The molecular formula is C14H17BrFN3O. The molecule has 0 amide bonds. The molecule has 0 spiro atoms. The fourth-order valence-electron chi connectivity index (χ4n) is 1.61. The van der Waals surface area contributed by atoms with Crippen molar-refractivity contribution in [2.45, 2.75) is 33.2 Å². The summed E-state index contributed by atoms with van der Waals surface area (Å²) in [4.78, 5) is 4.31. The molecule has 108 valence electrons. The summed E-state index contributed by atoms with van der Waals surface area (Å²) in [6.45, 7) is 6.18. The molecule has 2 N–H and O–H groups in total. The van der Waals surface area contributed by atoms with Gasteiger partial charge in [-0.05, 0) is 39.5 Å². The first kappa shape index (κ1) is 15.1. The molecule has 0 saturated carbocycles. The third-order valence-corrected chi connectivity index (χ3v) is 3.80. The number of aromatic nitrogens is 2. The van der Waals surface area contributed by atoms with E-state index in [1.54, 1.807) is 6.07 Å². The fraction of sp³-hybridized carbons (Fsp3) is 0.429. The van der Waals surface area contributed by atoms with Gasteiger partial charge in [0.05, 0.1) is 0 Å². The van der Waals surface area contributed by atoms with Gasteiger partial charge in [0.15, 0.2) is 0 Å². The molecule has 20 heavy (non-hydrogen) atoms.